The van der Waals surface area contributed by atoms with Gasteiger partial charge in [0.25, 0.3) is 10.0 Å². The van der Waals surface area contributed by atoms with Gasteiger partial charge in [-0.05, 0) is 43.3 Å². The monoisotopic (exact) mass is 370 g/mol. The lowest BCUT2D eigenvalue weighted by molar-refractivity contribution is 0.417. The second-order valence-corrected chi connectivity index (χ2v) is 7.23. The van der Waals surface area contributed by atoms with Crippen LogP contribution < -0.4 is 14.8 Å². The number of nitrogens with zero attached hydrogens (tertiary/aromatic N) is 2. The molecule has 7 nitrogen and oxygen atoms in total. The molecule has 134 valence electrons. The zero-order valence-electron chi connectivity index (χ0n) is 14.3. The summed E-state index contributed by atoms with van der Waals surface area (Å²) < 4.78 is 32.4. The number of methoxy groups -OCH3 is 1. The van der Waals surface area contributed by atoms with E-state index >= 15 is 0 Å². The first kappa shape index (κ1) is 17.7. The van der Waals surface area contributed by atoms with Gasteiger partial charge in [-0.1, -0.05) is 29.8 Å². The molecule has 0 spiro atoms. The minimum Gasteiger partial charge on any atom is -0.495 e. The fraction of sp³-hybridized carbons (Fsp3) is 0.111. The number of sulfonamides is 1. The molecule has 2 aromatic carbocycles. The summed E-state index contributed by atoms with van der Waals surface area (Å²) in [7, 11) is -2.13. The number of ether oxygens (including phenoxy) is 1. The molecular formula is C18H18N4O3S. The third kappa shape index (κ3) is 4.09. The van der Waals surface area contributed by atoms with Gasteiger partial charge in [0.15, 0.2) is 11.6 Å². The van der Waals surface area contributed by atoms with Gasteiger partial charge in [0.1, 0.15) is 5.75 Å². The number of hydrogen-bond acceptors (Lipinski definition) is 6. The van der Waals surface area contributed by atoms with Crippen LogP contribution in [0.4, 0.5) is 17.3 Å². The first-order valence-corrected chi connectivity index (χ1v) is 9.29. The lowest BCUT2D eigenvalue weighted by Crippen LogP contribution is -2.14. The Hall–Kier alpha value is -3.13. The Kier molecular flexibility index (Phi) is 5.04. The Morgan fingerprint density at radius 2 is 1.54 bits per heavy atom. The number of rotatable bonds is 6. The van der Waals surface area contributed by atoms with Crippen molar-refractivity contribution in [3.8, 4) is 5.75 Å². The van der Waals surface area contributed by atoms with Crippen LogP contribution in [0, 0.1) is 6.92 Å². The van der Waals surface area contributed by atoms with E-state index in [1.165, 1.54) is 6.07 Å². The highest BCUT2D eigenvalue weighted by Crippen LogP contribution is 2.26. The molecule has 0 aliphatic rings. The van der Waals surface area contributed by atoms with Crippen molar-refractivity contribution >= 4 is 27.3 Å². The normalized spacial score (nSPS) is 11.0. The molecule has 0 saturated heterocycles. The smallest absolute Gasteiger partial charge is 0.263 e. The van der Waals surface area contributed by atoms with Gasteiger partial charge >= 0.3 is 0 Å². The van der Waals surface area contributed by atoms with Crippen LogP contribution in [0.2, 0.25) is 0 Å². The van der Waals surface area contributed by atoms with Gasteiger partial charge in [-0.2, -0.15) is 0 Å². The molecule has 26 heavy (non-hydrogen) atoms. The molecule has 3 aromatic rings. The molecular weight excluding hydrogens is 352 g/mol. The predicted molar refractivity (Wildman–Crippen MR) is 100 cm³/mol. The summed E-state index contributed by atoms with van der Waals surface area (Å²) in [6.07, 6.45) is 0. The summed E-state index contributed by atoms with van der Waals surface area (Å²) in [5.41, 5.74) is 1.72. The van der Waals surface area contributed by atoms with Crippen LogP contribution in [-0.2, 0) is 10.0 Å². The number of aryl methyl sites for hydroxylation is 1. The fourth-order valence-electron chi connectivity index (χ4n) is 2.25. The van der Waals surface area contributed by atoms with Crippen LogP contribution in [0.3, 0.4) is 0 Å². The summed E-state index contributed by atoms with van der Waals surface area (Å²) in [6, 6.07) is 17.1. The van der Waals surface area contributed by atoms with Gasteiger partial charge in [0.05, 0.1) is 17.7 Å². The third-order valence-electron chi connectivity index (χ3n) is 3.60. The Morgan fingerprint density at radius 1 is 0.885 bits per heavy atom. The topological polar surface area (TPSA) is 93.2 Å². The first-order valence-electron chi connectivity index (χ1n) is 7.81. The van der Waals surface area contributed by atoms with E-state index < -0.39 is 10.0 Å². The molecule has 8 heteroatoms. The van der Waals surface area contributed by atoms with E-state index in [1.54, 1.807) is 37.4 Å². The number of nitrogens with one attached hydrogen (secondary N) is 2. The second-order valence-electron chi connectivity index (χ2n) is 5.55. The lowest BCUT2D eigenvalue weighted by atomic mass is 10.2. The van der Waals surface area contributed by atoms with Crippen molar-refractivity contribution in [2.45, 2.75) is 11.8 Å². The van der Waals surface area contributed by atoms with Crippen LogP contribution in [0.1, 0.15) is 5.56 Å². The van der Waals surface area contributed by atoms with Crippen molar-refractivity contribution in [3.63, 3.8) is 0 Å². The van der Waals surface area contributed by atoms with Gasteiger partial charge in [-0.15, -0.1) is 10.2 Å². The number of aromatic nitrogens is 2. The molecule has 0 aliphatic carbocycles. The summed E-state index contributed by atoms with van der Waals surface area (Å²) in [6.45, 7) is 1.89. The molecule has 0 radical (unpaired) electrons. The fourth-order valence-corrected chi connectivity index (χ4v) is 3.25. The maximum atomic E-state index is 12.4. The second kappa shape index (κ2) is 7.40. The Morgan fingerprint density at radius 3 is 2.19 bits per heavy atom. The SMILES string of the molecule is COc1ccccc1Nc1ccc(NS(=O)(=O)c2ccc(C)cc2)nn1. The van der Waals surface area contributed by atoms with Gasteiger partial charge in [-0.25, -0.2) is 8.42 Å². The Labute approximate surface area is 152 Å². The van der Waals surface area contributed by atoms with Crippen molar-refractivity contribution in [1.29, 1.82) is 0 Å². The molecule has 0 unspecified atom stereocenters. The molecule has 0 amide bonds. The van der Waals surface area contributed by atoms with Crippen molar-refractivity contribution in [2.24, 2.45) is 0 Å². The van der Waals surface area contributed by atoms with Gasteiger partial charge < -0.3 is 10.1 Å². The van der Waals surface area contributed by atoms with Crippen LogP contribution in [0.25, 0.3) is 0 Å². The molecule has 0 aliphatic heterocycles. The zero-order chi connectivity index (χ0) is 18.6. The third-order valence-corrected chi connectivity index (χ3v) is 4.98. The quantitative estimate of drug-likeness (QED) is 0.691. The molecule has 1 aromatic heterocycles. The highest BCUT2D eigenvalue weighted by atomic mass is 32.2. The van der Waals surface area contributed by atoms with Gasteiger partial charge in [-0.3, -0.25) is 4.72 Å². The molecule has 1 heterocycles. The summed E-state index contributed by atoms with van der Waals surface area (Å²) in [5.74, 6) is 1.27. The lowest BCUT2D eigenvalue weighted by Gasteiger charge is -2.10. The largest absolute Gasteiger partial charge is 0.495 e. The van der Waals surface area contributed by atoms with Crippen LogP contribution in [0.15, 0.2) is 65.6 Å². The summed E-state index contributed by atoms with van der Waals surface area (Å²) in [5, 5.41) is 11.0. The maximum absolute atomic E-state index is 12.4. The number of anilines is 3. The molecule has 2 N–H and O–H groups in total. The van der Waals surface area contributed by atoms with Crippen molar-refractivity contribution in [2.75, 3.05) is 17.1 Å². The van der Waals surface area contributed by atoms with Crippen molar-refractivity contribution < 1.29 is 13.2 Å². The van der Waals surface area contributed by atoms with E-state index in [4.69, 9.17) is 4.74 Å². The number of para-hydroxylation sites is 2. The molecule has 0 fully saturated rings. The van der Waals surface area contributed by atoms with E-state index in [2.05, 4.69) is 20.2 Å². The molecule has 3 rings (SSSR count). The van der Waals surface area contributed by atoms with E-state index in [9.17, 15) is 8.42 Å². The van der Waals surface area contributed by atoms with Crippen LogP contribution in [0.5, 0.6) is 5.75 Å². The summed E-state index contributed by atoms with van der Waals surface area (Å²) in [4.78, 5) is 0.168. The average Bonchev–Trinajstić information content (AvgIpc) is 2.64. The number of benzene rings is 2. The Balaban J connectivity index is 1.74. The standard InChI is InChI=1S/C18H18N4O3S/c1-13-7-9-14(10-8-13)26(23,24)22-18-12-11-17(20-21-18)19-15-5-3-4-6-16(15)25-2/h3-12H,1-2H3,(H,19,20)(H,21,22). The minimum atomic E-state index is -3.71. The van der Waals surface area contributed by atoms with Crippen molar-refractivity contribution in [3.05, 3.63) is 66.2 Å². The Bertz CT molecular complexity index is 988. The van der Waals surface area contributed by atoms with E-state index in [-0.39, 0.29) is 10.7 Å². The average molecular weight is 370 g/mol. The van der Waals surface area contributed by atoms with E-state index in [1.807, 2.05) is 31.2 Å². The van der Waals surface area contributed by atoms with Gasteiger partial charge in [0, 0.05) is 0 Å². The van der Waals surface area contributed by atoms with Crippen molar-refractivity contribution in [1.82, 2.24) is 10.2 Å². The minimum absolute atomic E-state index is 0.135. The van der Waals surface area contributed by atoms with Crippen LogP contribution >= 0.6 is 0 Å². The van der Waals surface area contributed by atoms with Crippen LogP contribution in [-0.4, -0.2) is 25.7 Å². The zero-order valence-corrected chi connectivity index (χ0v) is 15.1. The predicted octanol–water partition coefficient (Wildman–Crippen LogP) is 3.34. The molecule has 0 saturated carbocycles. The van der Waals surface area contributed by atoms with Gasteiger partial charge in [0.2, 0.25) is 0 Å². The number of hydrogen-bond donors (Lipinski definition) is 2. The highest BCUT2D eigenvalue weighted by molar-refractivity contribution is 7.92. The molecule has 0 bridgehead atoms. The maximum Gasteiger partial charge on any atom is 0.263 e. The first-order chi connectivity index (χ1) is 12.5. The molecule has 0 atom stereocenters. The van der Waals surface area contributed by atoms with E-state index in [0.717, 1.165) is 11.3 Å². The summed E-state index contributed by atoms with van der Waals surface area (Å²) >= 11 is 0. The van der Waals surface area contributed by atoms with E-state index in [0.29, 0.717) is 11.6 Å². The highest BCUT2D eigenvalue weighted by Gasteiger charge is 2.15.